The van der Waals surface area contributed by atoms with E-state index < -0.39 is 0 Å². The first-order chi connectivity index (χ1) is 10.7. The molecule has 0 fully saturated rings. The average molecular weight is 297 g/mol. The molecule has 1 aromatic heterocycles. The molecule has 1 heterocycles. The quantitative estimate of drug-likeness (QED) is 0.822. The van der Waals surface area contributed by atoms with Gasteiger partial charge in [0.05, 0.1) is 24.8 Å². The Balaban J connectivity index is 2.37. The zero-order chi connectivity index (χ0) is 15.9. The van der Waals surface area contributed by atoms with Gasteiger partial charge in [-0.3, -0.25) is 4.79 Å². The van der Waals surface area contributed by atoms with Gasteiger partial charge in [-0.25, -0.2) is 4.68 Å². The molecule has 0 atom stereocenters. The molecule has 0 amide bonds. The van der Waals surface area contributed by atoms with Crippen LogP contribution >= 0.6 is 0 Å². The normalized spacial score (nSPS) is 10.2. The van der Waals surface area contributed by atoms with E-state index in [9.17, 15) is 4.79 Å². The van der Waals surface area contributed by atoms with Crippen molar-refractivity contribution in [3.8, 4) is 23.1 Å². The molecule has 0 spiro atoms. The van der Waals surface area contributed by atoms with Crippen LogP contribution in [0.15, 0.2) is 35.1 Å². The third kappa shape index (κ3) is 3.53. The number of aryl methyl sites for hydroxylation is 1. The first-order valence-corrected chi connectivity index (χ1v) is 7.40. The second kappa shape index (κ2) is 7.41. The fraction of sp³-hybridized carbons (Fsp3) is 0.353. The lowest BCUT2D eigenvalue weighted by atomic mass is 10.1. The van der Waals surface area contributed by atoms with Crippen LogP contribution in [0.3, 0.4) is 0 Å². The zero-order valence-corrected chi connectivity index (χ0v) is 12.9. The van der Waals surface area contributed by atoms with Crippen molar-refractivity contribution >= 4 is 0 Å². The SMILES string of the molecule is CCCOc1ccc(-c2cc(CC#N)c(=O)n(CC)n2)cc1. The standard InChI is InChI=1S/C17H19N3O2/c1-3-11-22-15-7-5-13(6-8-15)16-12-14(9-10-18)17(21)20(4-2)19-16/h5-8,12H,3-4,9,11H2,1-2H3. The first-order valence-electron chi connectivity index (χ1n) is 7.40. The third-order valence-corrected chi connectivity index (χ3v) is 3.24. The molecule has 0 N–H and O–H groups in total. The van der Waals surface area contributed by atoms with Gasteiger partial charge < -0.3 is 4.74 Å². The summed E-state index contributed by atoms with van der Waals surface area (Å²) in [6.45, 7) is 5.08. The van der Waals surface area contributed by atoms with Crippen molar-refractivity contribution in [1.82, 2.24) is 9.78 Å². The van der Waals surface area contributed by atoms with Crippen LogP contribution in [0.5, 0.6) is 5.75 Å². The third-order valence-electron chi connectivity index (χ3n) is 3.24. The fourth-order valence-corrected chi connectivity index (χ4v) is 2.11. The van der Waals surface area contributed by atoms with Crippen molar-refractivity contribution in [1.29, 1.82) is 5.26 Å². The predicted molar refractivity (Wildman–Crippen MR) is 84.7 cm³/mol. The molecule has 0 saturated heterocycles. The molecule has 0 aliphatic carbocycles. The number of benzene rings is 1. The van der Waals surface area contributed by atoms with Crippen LogP contribution < -0.4 is 10.3 Å². The molecular formula is C17H19N3O2. The highest BCUT2D eigenvalue weighted by Crippen LogP contribution is 2.21. The van der Waals surface area contributed by atoms with Gasteiger partial charge in [-0.15, -0.1) is 0 Å². The number of rotatable bonds is 6. The molecule has 0 saturated carbocycles. The molecule has 0 bridgehead atoms. The maximum Gasteiger partial charge on any atom is 0.271 e. The highest BCUT2D eigenvalue weighted by atomic mass is 16.5. The Bertz CT molecular complexity index is 727. The van der Waals surface area contributed by atoms with Gasteiger partial charge in [0.1, 0.15) is 5.75 Å². The maximum atomic E-state index is 12.1. The summed E-state index contributed by atoms with van der Waals surface area (Å²) in [5.41, 5.74) is 1.86. The van der Waals surface area contributed by atoms with E-state index in [0.717, 1.165) is 17.7 Å². The van der Waals surface area contributed by atoms with Crippen LogP contribution in [0.2, 0.25) is 0 Å². The van der Waals surface area contributed by atoms with E-state index >= 15 is 0 Å². The first kappa shape index (κ1) is 15.8. The van der Waals surface area contributed by atoms with Crippen LogP contribution in [-0.4, -0.2) is 16.4 Å². The van der Waals surface area contributed by atoms with Crippen LogP contribution in [-0.2, 0) is 13.0 Å². The number of ether oxygens (including phenoxy) is 1. The van der Waals surface area contributed by atoms with Gasteiger partial charge in [0.2, 0.25) is 0 Å². The van der Waals surface area contributed by atoms with Gasteiger partial charge >= 0.3 is 0 Å². The summed E-state index contributed by atoms with van der Waals surface area (Å²) in [7, 11) is 0. The van der Waals surface area contributed by atoms with E-state index in [0.29, 0.717) is 24.4 Å². The second-order valence-electron chi connectivity index (χ2n) is 4.88. The Labute approximate surface area is 129 Å². The Kier molecular flexibility index (Phi) is 5.31. The Morgan fingerprint density at radius 1 is 1.27 bits per heavy atom. The monoisotopic (exact) mass is 297 g/mol. The van der Waals surface area contributed by atoms with Crippen molar-refractivity contribution in [3.05, 3.63) is 46.2 Å². The lowest BCUT2D eigenvalue weighted by Crippen LogP contribution is -2.25. The highest BCUT2D eigenvalue weighted by Gasteiger charge is 2.09. The summed E-state index contributed by atoms with van der Waals surface area (Å²) in [5.74, 6) is 0.812. The van der Waals surface area contributed by atoms with Gasteiger partial charge in [-0.2, -0.15) is 10.4 Å². The zero-order valence-electron chi connectivity index (χ0n) is 12.9. The van der Waals surface area contributed by atoms with E-state index in [1.54, 1.807) is 6.07 Å². The summed E-state index contributed by atoms with van der Waals surface area (Å²) in [4.78, 5) is 12.1. The molecule has 2 rings (SSSR count). The molecule has 0 radical (unpaired) electrons. The molecule has 0 aliphatic rings. The van der Waals surface area contributed by atoms with E-state index in [2.05, 4.69) is 12.0 Å². The van der Waals surface area contributed by atoms with Gasteiger partial charge in [0, 0.05) is 17.7 Å². The molecule has 114 valence electrons. The van der Waals surface area contributed by atoms with E-state index in [-0.39, 0.29) is 12.0 Å². The summed E-state index contributed by atoms with van der Waals surface area (Å²) in [6.07, 6.45) is 1.05. The smallest absolute Gasteiger partial charge is 0.271 e. The van der Waals surface area contributed by atoms with Gasteiger partial charge in [0.25, 0.3) is 5.56 Å². The number of nitrogens with zero attached hydrogens (tertiary/aromatic N) is 3. The number of aromatic nitrogens is 2. The minimum atomic E-state index is -0.198. The molecule has 2 aromatic rings. The van der Waals surface area contributed by atoms with Gasteiger partial charge in [-0.05, 0) is 43.7 Å². The summed E-state index contributed by atoms with van der Waals surface area (Å²) in [6, 6.07) is 11.3. The minimum absolute atomic E-state index is 0.0893. The van der Waals surface area contributed by atoms with Crippen LogP contribution in [0.4, 0.5) is 0 Å². The number of hydrogen-bond donors (Lipinski definition) is 0. The molecule has 1 aromatic carbocycles. The number of nitriles is 1. The lowest BCUT2D eigenvalue weighted by Gasteiger charge is -2.09. The molecule has 5 heteroatoms. The van der Waals surface area contributed by atoms with Gasteiger partial charge in [0.15, 0.2) is 0 Å². The summed E-state index contributed by atoms with van der Waals surface area (Å²) < 4.78 is 6.95. The fourth-order valence-electron chi connectivity index (χ4n) is 2.11. The van der Waals surface area contributed by atoms with Crippen molar-refractivity contribution < 1.29 is 4.74 Å². The van der Waals surface area contributed by atoms with Crippen molar-refractivity contribution in [3.63, 3.8) is 0 Å². The molecule has 0 unspecified atom stereocenters. The average Bonchev–Trinajstić information content (AvgIpc) is 2.55. The summed E-state index contributed by atoms with van der Waals surface area (Å²) >= 11 is 0. The summed E-state index contributed by atoms with van der Waals surface area (Å²) in [5, 5.41) is 13.2. The number of hydrogen-bond acceptors (Lipinski definition) is 4. The second-order valence-corrected chi connectivity index (χ2v) is 4.88. The topological polar surface area (TPSA) is 67.9 Å². The predicted octanol–water partition coefficient (Wildman–Crippen LogP) is 2.79. The Hall–Kier alpha value is -2.61. The Morgan fingerprint density at radius 2 is 2.00 bits per heavy atom. The highest BCUT2D eigenvalue weighted by molar-refractivity contribution is 5.60. The van der Waals surface area contributed by atoms with Crippen LogP contribution in [0.25, 0.3) is 11.3 Å². The molecule has 22 heavy (non-hydrogen) atoms. The van der Waals surface area contributed by atoms with E-state index in [1.165, 1.54) is 4.68 Å². The van der Waals surface area contributed by atoms with Crippen molar-refractivity contribution in [2.45, 2.75) is 33.2 Å². The van der Waals surface area contributed by atoms with E-state index in [4.69, 9.17) is 10.00 Å². The van der Waals surface area contributed by atoms with Gasteiger partial charge in [-0.1, -0.05) is 6.92 Å². The van der Waals surface area contributed by atoms with Crippen molar-refractivity contribution in [2.24, 2.45) is 0 Å². The molecule has 5 nitrogen and oxygen atoms in total. The molecular weight excluding hydrogens is 278 g/mol. The Morgan fingerprint density at radius 3 is 2.59 bits per heavy atom. The molecule has 0 aliphatic heterocycles. The lowest BCUT2D eigenvalue weighted by molar-refractivity contribution is 0.317. The van der Waals surface area contributed by atoms with Crippen LogP contribution in [0.1, 0.15) is 25.8 Å². The largest absolute Gasteiger partial charge is 0.494 e. The minimum Gasteiger partial charge on any atom is -0.494 e. The van der Waals surface area contributed by atoms with E-state index in [1.807, 2.05) is 37.3 Å². The maximum absolute atomic E-state index is 12.1. The van der Waals surface area contributed by atoms with Crippen molar-refractivity contribution in [2.75, 3.05) is 6.61 Å². The van der Waals surface area contributed by atoms with Crippen LogP contribution in [0, 0.1) is 11.3 Å².